The predicted molar refractivity (Wildman–Crippen MR) is 57.0 cm³/mol. The van der Waals surface area contributed by atoms with E-state index in [1.807, 2.05) is 0 Å². The van der Waals surface area contributed by atoms with E-state index in [2.05, 4.69) is 0 Å². The molecule has 80 valence electrons. The van der Waals surface area contributed by atoms with Crippen LogP contribution >= 0.6 is 11.8 Å². The molecule has 0 aromatic rings. The first-order chi connectivity index (χ1) is 6.88. The van der Waals surface area contributed by atoms with Crippen LogP contribution in [0, 0.1) is 0 Å². The fraction of sp³-hybridized carbons (Fsp3) is 0.900. The van der Waals surface area contributed by atoms with E-state index in [1.54, 1.807) is 16.8 Å². The second-order valence-corrected chi connectivity index (χ2v) is 5.15. The van der Waals surface area contributed by atoms with E-state index in [4.69, 9.17) is 4.84 Å². The van der Waals surface area contributed by atoms with Gasteiger partial charge in [-0.2, -0.15) is 0 Å². The molecule has 0 saturated carbocycles. The molecule has 2 aliphatic heterocycles. The van der Waals surface area contributed by atoms with Crippen LogP contribution in [0.15, 0.2) is 0 Å². The van der Waals surface area contributed by atoms with Gasteiger partial charge in [0.2, 0.25) is 0 Å². The number of hydrogen-bond donors (Lipinski definition) is 0. The van der Waals surface area contributed by atoms with Crippen LogP contribution in [0.5, 0.6) is 0 Å². The van der Waals surface area contributed by atoms with E-state index in [9.17, 15) is 4.79 Å². The van der Waals surface area contributed by atoms with Crippen molar-refractivity contribution in [1.82, 2.24) is 5.06 Å². The van der Waals surface area contributed by atoms with E-state index in [0.717, 1.165) is 31.6 Å². The van der Waals surface area contributed by atoms with Crippen LogP contribution in [0.1, 0.15) is 32.1 Å². The second kappa shape index (κ2) is 5.03. The van der Waals surface area contributed by atoms with Gasteiger partial charge in [0.15, 0.2) is 0 Å². The van der Waals surface area contributed by atoms with Crippen LogP contribution in [-0.4, -0.2) is 35.1 Å². The van der Waals surface area contributed by atoms with Crippen LogP contribution in [0.4, 0.5) is 0 Å². The first kappa shape index (κ1) is 10.3. The summed E-state index contributed by atoms with van der Waals surface area (Å²) in [7, 11) is 0. The number of rotatable bonds is 1. The van der Waals surface area contributed by atoms with Gasteiger partial charge in [-0.05, 0) is 31.4 Å². The molecule has 2 rings (SSSR count). The molecular formula is C10H17NO2S. The van der Waals surface area contributed by atoms with Gasteiger partial charge in [0.1, 0.15) is 0 Å². The summed E-state index contributed by atoms with van der Waals surface area (Å²) in [6.45, 7) is 1.50. The number of nitrogens with zero attached hydrogens (tertiary/aromatic N) is 1. The summed E-state index contributed by atoms with van der Waals surface area (Å²) in [6.07, 6.45) is 5.65. The average molecular weight is 215 g/mol. The SMILES string of the molecule is O=C(C1CCCCS1)N1CCCCO1. The van der Waals surface area contributed by atoms with E-state index >= 15 is 0 Å². The van der Waals surface area contributed by atoms with Gasteiger partial charge in [-0.1, -0.05) is 6.42 Å². The molecule has 2 saturated heterocycles. The molecule has 2 fully saturated rings. The Balaban J connectivity index is 1.85. The third-order valence-corrected chi connectivity index (χ3v) is 4.07. The van der Waals surface area contributed by atoms with E-state index < -0.39 is 0 Å². The highest BCUT2D eigenvalue weighted by Crippen LogP contribution is 2.27. The standard InChI is InChI=1S/C10H17NO2S/c12-10(9-5-1-4-8-14-9)11-6-2-3-7-13-11/h9H,1-8H2. The molecule has 2 aliphatic rings. The van der Waals surface area contributed by atoms with Crippen LogP contribution in [-0.2, 0) is 9.63 Å². The van der Waals surface area contributed by atoms with Crippen LogP contribution in [0.3, 0.4) is 0 Å². The lowest BCUT2D eigenvalue weighted by molar-refractivity contribution is -0.196. The second-order valence-electron chi connectivity index (χ2n) is 3.84. The lowest BCUT2D eigenvalue weighted by Gasteiger charge is -2.30. The molecule has 0 aromatic heterocycles. The maximum absolute atomic E-state index is 11.9. The fourth-order valence-electron chi connectivity index (χ4n) is 1.87. The third-order valence-electron chi connectivity index (χ3n) is 2.70. The lowest BCUT2D eigenvalue weighted by atomic mass is 10.1. The van der Waals surface area contributed by atoms with E-state index in [-0.39, 0.29) is 11.2 Å². The molecule has 0 aromatic carbocycles. The quantitative estimate of drug-likeness (QED) is 0.668. The number of thioether (sulfide) groups is 1. The van der Waals surface area contributed by atoms with Gasteiger partial charge >= 0.3 is 0 Å². The maximum Gasteiger partial charge on any atom is 0.259 e. The molecule has 1 atom stereocenters. The fourth-order valence-corrected chi connectivity index (χ4v) is 3.12. The highest BCUT2D eigenvalue weighted by atomic mass is 32.2. The lowest BCUT2D eigenvalue weighted by Crippen LogP contribution is -2.41. The highest BCUT2D eigenvalue weighted by Gasteiger charge is 2.28. The van der Waals surface area contributed by atoms with Gasteiger partial charge in [-0.15, -0.1) is 11.8 Å². The zero-order chi connectivity index (χ0) is 9.80. The number of carbonyl (C=O) groups excluding carboxylic acids is 1. The Morgan fingerprint density at radius 1 is 1.29 bits per heavy atom. The Kier molecular flexibility index (Phi) is 3.70. The summed E-state index contributed by atoms with van der Waals surface area (Å²) in [6, 6.07) is 0. The number of amides is 1. The first-order valence-corrected chi connectivity index (χ1v) is 6.49. The van der Waals surface area contributed by atoms with Crippen LogP contribution in [0.25, 0.3) is 0 Å². The van der Waals surface area contributed by atoms with Crippen molar-refractivity contribution in [3.8, 4) is 0 Å². The number of hydrogen-bond acceptors (Lipinski definition) is 3. The molecule has 1 unspecified atom stereocenters. The van der Waals surface area contributed by atoms with Gasteiger partial charge in [-0.3, -0.25) is 9.63 Å². The molecule has 0 spiro atoms. The molecule has 0 bridgehead atoms. The normalized spacial score (nSPS) is 28.9. The van der Waals surface area contributed by atoms with E-state index in [1.165, 1.54) is 12.8 Å². The summed E-state index contributed by atoms with van der Waals surface area (Å²) < 4.78 is 0. The topological polar surface area (TPSA) is 29.5 Å². The summed E-state index contributed by atoms with van der Waals surface area (Å²) in [4.78, 5) is 17.3. The van der Waals surface area contributed by atoms with Crippen LogP contribution < -0.4 is 0 Å². The zero-order valence-electron chi connectivity index (χ0n) is 8.41. The molecule has 1 amide bonds. The van der Waals surface area contributed by atoms with Gasteiger partial charge in [0.05, 0.1) is 11.9 Å². The van der Waals surface area contributed by atoms with Gasteiger partial charge in [0.25, 0.3) is 5.91 Å². The Hall–Kier alpha value is -0.220. The van der Waals surface area contributed by atoms with Crippen molar-refractivity contribution in [3.63, 3.8) is 0 Å². The van der Waals surface area contributed by atoms with Gasteiger partial charge < -0.3 is 0 Å². The smallest absolute Gasteiger partial charge is 0.259 e. The minimum Gasteiger partial charge on any atom is -0.271 e. The molecule has 14 heavy (non-hydrogen) atoms. The summed E-state index contributed by atoms with van der Waals surface area (Å²) >= 11 is 1.79. The summed E-state index contributed by atoms with van der Waals surface area (Å²) in [5.41, 5.74) is 0. The van der Waals surface area contributed by atoms with Crippen molar-refractivity contribution in [3.05, 3.63) is 0 Å². The summed E-state index contributed by atoms with van der Waals surface area (Å²) in [5, 5.41) is 1.76. The number of hydroxylamine groups is 2. The van der Waals surface area contributed by atoms with Gasteiger partial charge in [0, 0.05) is 6.54 Å². The minimum atomic E-state index is 0.168. The van der Waals surface area contributed by atoms with E-state index in [0.29, 0.717) is 6.61 Å². The number of carbonyl (C=O) groups is 1. The molecule has 4 heteroatoms. The largest absolute Gasteiger partial charge is 0.271 e. The Bertz CT molecular complexity index is 178. The average Bonchev–Trinajstić information content (AvgIpc) is 2.30. The Morgan fingerprint density at radius 3 is 2.86 bits per heavy atom. The van der Waals surface area contributed by atoms with Crippen molar-refractivity contribution < 1.29 is 9.63 Å². The molecule has 0 radical (unpaired) electrons. The molecule has 2 heterocycles. The molecule has 3 nitrogen and oxygen atoms in total. The van der Waals surface area contributed by atoms with Crippen molar-refractivity contribution in [2.24, 2.45) is 0 Å². The minimum absolute atomic E-state index is 0.168. The van der Waals surface area contributed by atoms with Crippen molar-refractivity contribution in [2.75, 3.05) is 18.9 Å². The monoisotopic (exact) mass is 215 g/mol. The van der Waals surface area contributed by atoms with Crippen molar-refractivity contribution >= 4 is 17.7 Å². The Morgan fingerprint density at radius 2 is 2.21 bits per heavy atom. The summed E-state index contributed by atoms with van der Waals surface area (Å²) in [5.74, 6) is 1.33. The maximum atomic E-state index is 11.9. The molecule has 0 N–H and O–H groups in total. The third kappa shape index (κ3) is 2.42. The van der Waals surface area contributed by atoms with Gasteiger partial charge in [-0.25, -0.2) is 5.06 Å². The first-order valence-electron chi connectivity index (χ1n) is 5.44. The highest BCUT2D eigenvalue weighted by molar-refractivity contribution is 8.00. The predicted octanol–water partition coefficient (Wildman–Crippen LogP) is 1.83. The molecule has 0 aliphatic carbocycles. The zero-order valence-corrected chi connectivity index (χ0v) is 9.22. The van der Waals surface area contributed by atoms with Crippen LogP contribution in [0.2, 0.25) is 0 Å². The Labute approximate surface area is 89.1 Å². The van der Waals surface area contributed by atoms with Crippen molar-refractivity contribution in [1.29, 1.82) is 0 Å². The molecular weight excluding hydrogens is 198 g/mol. The van der Waals surface area contributed by atoms with Crippen molar-refractivity contribution in [2.45, 2.75) is 37.4 Å².